The van der Waals surface area contributed by atoms with E-state index in [1.54, 1.807) is 6.07 Å². The molecule has 2 nitrogen and oxygen atoms in total. The van der Waals surface area contributed by atoms with Gasteiger partial charge in [-0.15, -0.1) is 0 Å². The molecule has 0 spiro atoms. The largest absolute Gasteiger partial charge is 0.508 e. The first-order chi connectivity index (χ1) is 8.25. The molecular formula is C15H16O2. The Balaban J connectivity index is 1.92. The highest BCUT2D eigenvalue weighted by molar-refractivity contribution is 5.38. The molecule has 0 aliphatic heterocycles. The van der Waals surface area contributed by atoms with Crippen molar-refractivity contribution in [2.45, 2.75) is 19.3 Å². The van der Waals surface area contributed by atoms with Crippen LogP contribution in [0.4, 0.5) is 0 Å². The summed E-state index contributed by atoms with van der Waals surface area (Å²) in [4.78, 5) is 0. The summed E-state index contributed by atoms with van der Waals surface area (Å²) in [6.45, 7) is 0. The summed E-state index contributed by atoms with van der Waals surface area (Å²) in [7, 11) is 0. The molecule has 2 rings (SSSR count). The quantitative estimate of drug-likeness (QED) is 0.788. The zero-order chi connectivity index (χ0) is 12.1. The Labute approximate surface area is 101 Å². The zero-order valence-electron chi connectivity index (χ0n) is 9.63. The molecule has 0 unspecified atom stereocenters. The van der Waals surface area contributed by atoms with Crippen LogP contribution in [0.1, 0.15) is 17.5 Å². The van der Waals surface area contributed by atoms with Crippen LogP contribution in [-0.2, 0) is 12.8 Å². The maximum atomic E-state index is 9.62. The molecule has 0 fully saturated rings. The van der Waals surface area contributed by atoms with E-state index in [1.807, 2.05) is 18.2 Å². The Kier molecular flexibility index (Phi) is 3.66. The third-order valence-electron chi connectivity index (χ3n) is 2.82. The van der Waals surface area contributed by atoms with E-state index < -0.39 is 0 Å². The molecule has 0 bridgehead atoms. The van der Waals surface area contributed by atoms with Crippen LogP contribution in [0.3, 0.4) is 0 Å². The van der Waals surface area contributed by atoms with Gasteiger partial charge in [0.05, 0.1) is 0 Å². The van der Waals surface area contributed by atoms with Gasteiger partial charge in [0.25, 0.3) is 0 Å². The highest BCUT2D eigenvalue weighted by Gasteiger charge is 2.02. The first-order valence-corrected chi connectivity index (χ1v) is 5.80. The maximum absolute atomic E-state index is 9.62. The summed E-state index contributed by atoms with van der Waals surface area (Å²) in [5.74, 6) is 0.466. The Morgan fingerprint density at radius 1 is 0.824 bits per heavy atom. The SMILES string of the molecule is Oc1ccc(O)c(CCCc2ccccc2)c1. The third-order valence-corrected chi connectivity index (χ3v) is 2.82. The molecule has 17 heavy (non-hydrogen) atoms. The lowest BCUT2D eigenvalue weighted by Crippen LogP contribution is -1.90. The lowest BCUT2D eigenvalue weighted by molar-refractivity contribution is 0.453. The molecule has 0 saturated carbocycles. The van der Waals surface area contributed by atoms with Crippen molar-refractivity contribution >= 4 is 0 Å². The predicted molar refractivity (Wildman–Crippen MR) is 68.2 cm³/mol. The molecule has 0 aliphatic rings. The van der Waals surface area contributed by atoms with E-state index >= 15 is 0 Å². The third kappa shape index (κ3) is 3.25. The highest BCUT2D eigenvalue weighted by atomic mass is 16.3. The minimum absolute atomic E-state index is 0.206. The second-order valence-corrected chi connectivity index (χ2v) is 4.15. The minimum atomic E-state index is 0.206. The van der Waals surface area contributed by atoms with Crippen LogP contribution >= 0.6 is 0 Å². The van der Waals surface area contributed by atoms with Gasteiger partial charge in [-0.2, -0.15) is 0 Å². The van der Waals surface area contributed by atoms with Gasteiger partial charge in [0.2, 0.25) is 0 Å². The predicted octanol–water partition coefficient (Wildman–Crippen LogP) is 3.27. The van der Waals surface area contributed by atoms with E-state index in [-0.39, 0.29) is 11.5 Å². The Hall–Kier alpha value is -1.96. The van der Waals surface area contributed by atoms with Crippen molar-refractivity contribution in [2.24, 2.45) is 0 Å². The summed E-state index contributed by atoms with van der Waals surface area (Å²) in [6, 6.07) is 14.9. The van der Waals surface area contributed by atoms with E-state index in [4.69, 9.17) is 0 Å². The summed E-state index contributed by atoms with van der Waals surface area (Å²) in [5.41, 5.74) is 2.10. The number of hydrogen-bond donors (Lipinski definition) is 2. The van der Waals surface area contributed by atoms with Gasteiger partial charge in [-0.05, 0) is 48.6 Å². The van der Waals surface area contributed by atoms with Crippen molar-refractivity contribution < 1.29 is 10.2 Å². The van der Waals surface area contributed by atoms with Crippen molar-refractivity contribution in [2.75, 3.05) is 0 Å². The molecule has 2 N–H and O–H groups in total. The monoisotopic (exact) mass is 228 g/mol. The van der Waals surface area contributed by atoms with Crippen LogP contribution in [0.2, 0.25) is 0 Å². The molecule has 2 aromatic carbocycles. The van der Waals surface area contributed by atoms with Crippen LogP contribution in [0.25, 0.3) is 0 Å². The second-order valence-electron chi connectivity index (χ2n) is 4.15. The van der Waals surface area contributed by atoms with E-state index in [0.717, 1.165) is 24.8 Å². The number of phenols is 2. The molecule has 2 aromatic rings. The number of benzene rings is 2. The van der Waals surface area contributed by atoms with E-state index in [9.17, 15) is 10.2 Å². The molecule has 0 amide bonds. The van der Waals surface area contributed by atoms with Crippen LogP contribution in [0.15, 0.2) is 48.5 Å². The van der Waals surface area contributed by atoms with Gasteiger partial charge in [-0.1, -0.05) is 30.3 Å². The molecule has 88 valence electrons. The summed E-state index contributed by atoms with van der Waals surface area (Å²) >= 11 is 0. The molecule has 0 aliphatic carbocycles. The first-order valence-electron chi connectivity index (χ1n) is 5.80. The van der Waals surface area contributed by atoms with Gasteiger partial charge in [0.15, 0.2) is 0 Å². The molecule has 0 aromatic heterocycles. The normalized spacial score (nSPS) is 10.4. The van der Waals surface area contributed by atoms with Crippen LogP contribution in [0, 0.1) is 0 Å². The topological polar surface area (TPSA) is 40.5 Å². The van der Waals surface area contributed by atoms with Crippen LogP contribution in [-0.4, -0.2) is 10.2 Å². The average molecular weight is 228 g/mol. The summed E-state index contributed by atoms with van der Waals surface area (Å²) in [6.07, 6.45) is 2.71. The van der Waals surface area contributed by atoms with Crippen molar-refractivity contribution in [3.05, 3.63) is 59.7 Å². The first kappa shape index (κ1) is 11.5. The van der Waals surface area contributed by atoms with Gasteiger partial charge in [0, 0.05) is 0 Å². The van der Waals surface area contributed by atoms with E-state index in [0.29, 0.717) is 0 Å². The second kappa shape index (κ2) is 5.39. The number of phenolic OH excluding ortho intramolecular Hbond substituents is 2. The highest BCUT2D eigenvalue weighted by Crippen LogP contribution is 2.23. The number of aromatic hydroxyl groups is 2. The fourth-order valence-corrected chi connectivity index (χ4v) is 1.90. The van der Waals surface area contributed by atoms with Gasteiger partial charge in [-0.3, -0.25) is 0 Å². The molecule has 0 atom stereocenters. The fraction of sp³-hybridized carbons (Fsp3) is 0.200. The smallest absolute Gasteiger partial charge is 0.119 e. The van der Waals surface area contributed by atoms with Gasteiger partial charge in [-0.25, -0.2) is 0 Å². The van der Waals surface area contributed by atoms with Crippen LogP contribution in [0.5, 0.6) is 11.5 Å². The van der Waals surface area contributed by atoms with Crippen molar-refractivity contribution in [1.82, 2.24) is 0 Å². The Bertz CT molecular complexity index is 478. The zero-order valence-corrected chi connectivity index (χ0v) is 9.63. The number of aryl methyl sites for hydroxylation is 2. The lowest BCUT2D eigenvalue weighted by atomic mass is 10.0. The molecule has 0 radical (unpaired) electrons. The van der Waals surface area contributed by atoms with Gasteiger partial charge >= 0.3 is 0 Å². The molecule has 0 heterocycles. The Morgan fingerprint density at radius 2 is 1.59 bits per heavy atom. The summed E-state index contributed by atoms with van der Waals surface area (Å²) in [5, 5.41) is 19.0. The molecular weight excluding hydrogens is 212 g/mol. The van der Waals surface area contributed by atoms with Gasteiger partial charge in [0.1, 0.15) is 11.5 Å². The lowest BCUT2D eigenvalue weighted by Gasteiger charge is -2.05. The minimum Gasteiger partial charge on any atom is -0.508 e. The Morgan fingerprint density at radius 3 is 2.35 bits per heavy atom. The summed E-state index contributed by atoms with van der Waals surface area (Å²) < 4.78 is 0. The van der Waals surface area contributed by atoms with Crippen molar-refractivity contribution in [1.29, 1.82) is 0 Å². The van der Waals surface area contributed by atoms with Crippen LogP contribution < -0.4 is 0 Å². The number of rotatable bonds is 4. The molecule has 0 saturated heterocycles. The van der Waals surface area contributed by atoms with E-state index in [1.165, 1.54) is 17.7 Å². The fourth-order valence-electron chi connectivity index (χ4n) is 1.90. The van der Waals surface area contributed by atoms with Crippen molar-refractivity contribution in [3.63, 3.8) is 0 Å². The van der Waals surface area contributed by atoms with Crippen molar-refractivity contribution in [3.8, 4) is 11.5 Å². The maximum Gasteiger partial charge on any atom is 0.119 e. The average Bonchev–Trinajstić information content (AvgIpc) is 2.35. The molecule has 2 heteroatoms. The van der Waals surface area contributed by atoms with E-state index in [2.05, 4.69) is 12.1 Å². The number of hydrogen-bond acceptors (Lipinski definition) is 2. The van der Waals surface area contributed by atoms with Gasteiger partial charge < -0.3 is 10.2 Å². The standard InChI is InChI=1S/C15H16O2/c16-14-9-10-15(17)13(11-14)8-4-7-12-5-2-1-3-6-12/h1-3,5-6,9-11,16-17H,4,7-8H2.